The molecule has 0 aromatic carbocycles. The third-order valence-corrected chi connectivity index (χ3v) is 0.877. The van der Waals surface area contributed by atoms with Crippen molar-refractivity contribution in [3.8, 4) is 0 Å². The number of hydrogen-bond donors (Lipinski definition) is 1. The van der Waals surface area contributed by atoms with Crippen LogP contribution in [0.4, 0.5) is 13.2 Å². The van der Waals surface area contributed by atoms with Gasteiger partial charge in [-0.15, -0.1) is 0 Å². The second kappa shape index (κ2) is 3.77. The van der Waals surface area contributed by atoms with Gasteiger partial charge in [0, 0.05) is 0 Å². The summed E-state index contributed by atoms with van der Waals surface area (Å²) in [6.07, 6.45) is 0. The minimum absolute atomic E-state index is 0. The predicted molar refractivity (Wildman–Crippen MR) is 18.7 cm³/mol. The fourth-order valence-corrected chi connectivity index (χ4v) is 0. The molecule has 0 unspecified atom stereocenters. The summed E-state index contributed by atoms with van der Waals surface area (Å²) in [5.74, 6) is 0. The van der Waals surface area contributed by atoms with Crippen LogP contribution < -0.4 is 58.2 Å². The fourth-order valence-electron chi connectivity index (χ4n) is 0. The van der Waals surface area contributed by atoms with Gasteiger partial charge in [0.25, 0.3) is 0 Å². The topological polar surface area (TPSA) is 54.4 Å². The van der Waals surface area contributed by atoms with Gasteiger partial charge in [0.05, 0.1) is 0 Å². The Morgan fingerprint density at radius 1 is 1.33 bits per heavy atom. The van der Waals surface area contributed by atoms with Crippen LogP contribution in [0.25, 0.3) is 0 Å². The molecule has 0 aromatic heterocycles. The summed E-state index contributed by atoms with van der Waals surface area (Å²) in [5.41, 5.74) is -5.53. The van der Waals surface area contributed by atoms with Crippen LogP contribution in [0.15, 0.2) is 0 Å². The predicted octanol–water partition coefficient (Wildman–Crippen LogP) is -2.49. The van der Waals surface area contributed by atoms with Crippen LogP contribution in [0.2, 0.25) is 0 Å². The standard InChI is InChI=1S/CHF3O3S.Rb.H/c2-1(3,4)8(5,6)7;;/h(H,5,6,7);;/q;+1;-1. The molecule has 0 saturated heterocycles. The number of hydrogen-bond acceptors (Lipinski definition) is 2. The van der Waals surface area contributed by atoms with Crippen LogP contribution >= 0.6 is 0 Å². The molecule has 3 nitrogen and oxygen atoms in total. The molecular formula is CH2F3O3RbS. The van der Waals surface area contributed by atoms with Gasteiger partial charge in [-0.1, -0.05) is 0 Å². The normalized spacial score (nSPS) is 12.4. The van der Waals surface area contributed by atoms with Crippen LogP contribution in [0.5, 0.6) is 0 Å². The van der Waals surface area contributed by atoms with Gasteiger partial charge in [-0.05, 0) is 0 Å². The Balaban J connectivity index is -0.000000245. The van der Waals surface area contributed by atoms with E-state index in [0.717, 1.165) is 0 Å². The average Bonchev–Trinajstić information content (AvgIpc) is 1.25. The molecule has 52 valence electrons. The van der Waals surface area contributed by atoms with E-state index in [-0.39, 0.29) is 59.6 Å². The van der Waals surface area contributed by atoms with Gasteiger partial charge in [0.1, 0.15) is 0 Å². The van der Waals surface area contributed by atoms with Crippen molar-refractivity contribution in [1.29, 1.82) is 0 Å². The van der Waals surface area contributed by atoms with E-state index >= 15 is 0 Å². The Hall–Kier alpha value is 1.51. The first kappa shape index (κ1) is 13.1. The van der Waals surface area contributed by atoms with Crippen molar-refractivity contribution in [2.45, 2.75) is 5.51 Å². The summed E-state index contributed by atoms with van der Waals surface area (Å²) in [4.78, 5) is 0. The SMILES string of the molecule is O=S(=O)(O)C(F)(F)F.[H-].[Rb+]. The minimum Gasteiger partial charge on any atom is -1.00 e. The molecule has 0 fully saturated rings. The molecule has 0 radical (unpaired) electrons. The molecule has 0 atom stereocenters. The Kier molecular flexibility index (Phi) is 5.50. The monoisotopic (exact) mass is 236 g/mol. The maximum Gasteiger partial charge on any atom is 1.00 e. The van der Waals surface area contributed by atoms with Crippen molar-refractivity contribution < 1.29 is 85.8 Å². The van der Waals surface area contributed by atoms with Gasteiger partial charge >= 0.3 is 73.8 Å². The summed E-state index contributed by atoms with van der Waals surface area (Å²) in [6.45, 7) is 0. The molecule has 0 bridgehead atoms. The molecule has 0 aliphatic rings. The Morgan fingerprint density at radius 3 is 1.44 bits per heavy atom. The molecule has 0 rings (SSSR count). The summed E-state index contributed by atoms with van der Waals surface area (Å²) < 4.78 is 57.5. The zero-order valence-electron chi connectivity index (χ0n) is 5.31. The van der Waals surface area contributed by atoms with E-state index in [2.05, 4.69) is 0 Å². The van der Waals surface area contributed by atoms with E-state index in [1.54, 1.807) is 0 Å². The van der Waals surface area contributed by atoms with Gasteiger partial charge in [-0.2, -0.15) is 21.6 Å². The Morgan fingerprint density at radius 2 is 1.44 bits per heavy atom. The molecule has 0 heterocycles. The molecular weight excluding hydrogens is 235 g/mol. The van der Waals surface area contributed by atoms with Gasteiger partial charge in [0.2, 0.25) is 0 Å². The Labute approximate surface area is 99.6 Å². The first-order valence-electron chi connectivity index (χ1n) is 1.29. The summed E-state index contributed by atoms with van der Waals surface area (Å²) >= 11 is 0. The largest absolute Gasteiger partial charge is 1.00 e. The first-order valence-corrected chi connectivity index (χ1v) is 2.73. The summed E-state index contributed by atoms with van der Waals surface area (Å²) in [5, 5.41) is 0. The number of rotatable bonds is 0. The van der Waals surface area contributed by atoms with Crippen LogP contribution in [0, 0.1) is 0 Å². The van der Waals surface area contributed by atoms with Gasteiger partial charge in [-0.3, -0.25) is 4.55 Å². The molecule has 0 amide bonds. The van der Waals surface area contributed by atoms with Crippen molar-refractivity contribution in [1.82, 2.24) is 0 Å². The van der Waals surface area contributed by atoms with Crippen molar-refractivity contribution in [2.75, 3.05) is 0 Å². The van der Waals surface area contributed by atoms with E-state index in [1.807, 2.05) is 0 Å². The van der Waals surface area contributed by atoms with E-state index in [9.17, 15) is 13.2 Å². The zero-order valence-corrected chi connectivity index (χ0v) is 10.0. The maximum atomic E-state index is 10.7. The average molecular weight is 237 g/mol. The smallest absolute Gasteiger partial charge is 1.00 e. The van der Waals surface area contributed by atoms with Gasteiger partial charge in [0.15, 0.2) is 0 Å². The van der Waals surface area contributed by atoms with Crippen molar-refractivity contribution in [2.24, 2.45) is 0 Å². The fraction of sp³-hybridized carbons (Fsp3) is 1.00. The third-order valence-electron chi connectivity index (χ3n) is 0.292. The molecule has 0 spiro atoms. The second-order valence-corrected chi connectivity index (χ2v) is 2.33. The van der Waals surface area contributed by atoms with E-state index in [0.29, 0.717) is 0 Å². The van der Waals surface area contributed by atoms with Crippen LogP contribution in [0.1, 0.15) is 1.43 Å². The van der Waals surface area contributed by atoms with Crippen molar-refractivity contribution >= 4 is 10.1 Å². The van der Waals surface area contributed by atoms with Crippen LogP contribution in [-0.4, -0.2) is 18.5 Å². The molecule has 0 saturated carbocycles. The van der Waals surface area contributed by atoms with Crippen LogP contribution in [0.3, 0.4) is 0 Å². The van der Waals surface area contributed by atoms with Crippen molar-refractivity contribution in [3.63, 3.8) is 0 Å². The van der Waals surface area contributed by atoms with Crippen molar-refractivity contribution in [3.05, 3.63) is 0 Å². The molecule has 0 aliphatic carbocycles. The van der Waals surface area contributed by atoms with Gasteiger partial charge in [-0.25, -0.2) is 0 Å². The Bertz CT molecular complexity index is 173. The number of alkyl halides is 3. The van der Waals surface area contributed by atoms with E-state index < -0.39 is 15.6 Å². The number of halogens is 3. The molecule has 0 aliphatic heterocycles. The van der Waals surface area contributed by atoms with E-state index in [4.69, 9.17) is 13.0 Å². The molecule has 9 heavy (non-hydrogen) atoms. The molecule has 1 N–H and O–H groups in total. The zero-order chi connectivity index (χ0) is 7.00. The molecule has 0 aromatic rings. The summed E-state index contributed by atoms with van der Waals surface area (Å²) in [6, 6.07) is 0. The maximum absolute atomic E-state index is 10.7. The molecule has 8 heteroatoms. The van der Waals surface area contributed by atoms with Gasteiger partial charge < -0.3 is 1.43 Å². The third kappa shape index (κ3) is 4.85. The van der Waals surface area contributed by atoms with Crippen LogP contribution in [-0.2, 0) is 10.1 Å². The van der Waals surface area contributed by atoms with E-state index in [1.165, 1.54) is 0 Å². The summed E-state index contributed by atoms with van der Waals surface area (Å²) in [7, 11) is -5.84. The minimum atomic E-state index is -5.84. The second-order valence-electron chi connectivity index (χ2n) is 0.921. The first-order chi connectivity index (χ1) is 3.25. The quantitative estimate of drug-likeness (QED) is 0.374.